The van der Waals surface area contributed by atoms with Gasteiger partial charge in [0, 0.05) is 25.8 Å². The lowest BCUT2D eigenvalue weighted by molar-refractivity contribution is 0.665. The lowest BCUT2D eigenvalue weighted by Crippen LogP contribution is -2.25. The molecular formula is C17H22N2. The third kappa shape index (κ3) is 4.11. The van der Waals surface area contributed by atoms with Gasteiger partial charge in [-0.1, -0.05) is 42.5 Å². The minimum Gasteiger partial charge on any atom is -0.378 e. The first-order valence-electron chi connectivity index (χ1n) is 6.71. The van der Waals surface area contributed by atoms with Crippen molar-refractivity contribution in [2.75, 3.05) is 19.0 Å². The monoisotopic (exact) mass is 254 g/mol. The van der Waals surface area contributed by atoms with Gasteiger partial charge in [-0.15, -0.1) is 0 Å². The first kappa shape index (κ1) is 13.6. The fourth-order valence-electron chi connectivity index (χ4n) is 2.22. The van der Waals surface area contributed by atoms with E-state index in [-0.39, 0.29) is 6.04 Å². The van der Waals surface area contributed by atoms with Crippen LogP contribution in [0, 0.1) is 0 Å². The third-order valence-electron chi connectivity index (χ3n) is 3.29. The molecular weight excluding hydrogens is 232 g/mol. The van der Waals surface area contributed by atoms with E-state index in [0.717, 1.165) is 12.8 Å². The van der Waals surface area contributed by atoms with Crippen molar-refractivity contribution in [2.24, 2.45) is 5.73 Å². The minimum absolute atomic E-state index is 0.174. The van der Waals surface area contributed by atoms with Crippen LogP contribution in [0.1, 0.15) is 11.1 Å². The molecule has 0 saturated heterocycles. The molecule has 0 aromatic heterocycles. The molecule has 2 aromatic rings. The number of nitrogens with zero attached hydrogens (tertiary/aromatic N) is 1. The van der Waals surface area contributed by atoms with Gasteiger partial charge in [0.1, 0.15) is 0 Å². The van der Waals surface area contributed by atoms with Crippen LogP contribution >= 0.6 is 0 Å². The molecule has 0 spiro atoms. The van der Waals surface area contributed by atoms with Crippen LogP contribution in [0.5, 0.6) is 0 Å². The molecule has 0 heterocycles. The Balaban J connectivity index is 1.93. The molecule has 0 bridgehead atoms. The molecule has 2 heteroatoms. The van der Waals surface area contributed by atoms with Crippen molar-refractivity contribution in [1.82, 2.24) is 0 Å². The van der Waals surface area contributed by atoms with Gasteiger partial charge in [-0.25, -0.2) is 0 Å². The molecule has 1 atom stereocenters. The third-order valence-corrected chi connectivity index (χ3v) is 3.29. The van der Waals surface area contributed by atoms with Gasteiger partial charge in [0.25, 0.3) is 0 Å². The van der Waals surface area contributed by atoms with Crippen molar-refractivity contribution in [3.63, 3.8) is 0 Å². The number of benzene rings is 2. The minimum atomic E-state index is 0.174. The van der Waals surface area contributed by atoms with E-state index in [4.69, 9.17) is 5.73 Å². The lowest BCUT2D eigenvalue weighted by Gasteiger charge is -2.15. The Hall–Kier alpha value is -1.80. The largest absolute Gasteiger partial charge is 0.378 e. The average Bonchev–Trinajstić information content (AvgIpc) is 2.40. The maximum Gasteiger partial charge on any atom is 0.0361 e. The summed E-state index contributed by atoms with van der Waals surface area (Å²) >= 11 is 0. The van der Waals surface area contributed by atoms with Crippen LogP contribution in [0.25, 0.3) is 0 Å². The maximum atomic E-state index is 6.23. The first-order valence-corrected chi connectivity index (χ1v) is 6.71. The highest BCUT2D eigenvalue weighted by Gasteiger charge is 2.05. The number of anilines is 1. The van der Waals surface area contributed by atoms with Gasteiger partial charge in [0.2, 0.25) is 0 Å². The summed E-state index contributed by atoms with van der Waals surface area (Å²) in [7, 11) is 4.10. The second kappa shape index (κ2) is 6.39. The van der Waals surface area contributed by atoms with E-state index in [0.29, 0.717) is 0 Å². The van der Waals surface area contributed by atoms with Crippen LogP contribution in [0.15, 0.2) is 54.6 Å². The van der Waals surface area contributed by atoms with Gasteiger partial charge in [0.05, 0.1) is 0 Å². The Morgan fingerprint density at radius 1 is 0.842 bits per heavy atom. The van der Waals surface area contributed by atoms with Crippen molar-refractivity contribution in [2.45, 2.75) is 18.9 Å². The van der Waals surface area contributed by atoms with Crippen molar-refractivity contribution >= 4 is 5.69 Å². The first-order chi connectivity index (χ1) is 9.15. The second-order valence-electron chi connectivity index (χ2n) is 5.21. The van der Waals surface area contributed by atoms with E-state index < -0.39 is 0 Å². The van der Waals surface area contributed by atoms with Crippen LogP contribution < -0.4 is 10.6 Å². The van der Waals surface area contributed by atoms with E-state index in [9.17, 15) is 0 Å². The van der Waals surface area contributed by atoms with Crippen molar-refractivity contribution in [3.8, 4) is 0 Å². The Kier molecular flexibility index (Phi) is 4.58. The highest BCUT2D eigenvalue weighted by Crippen LogP contribution is 2.14. The molecule has 2 rings (SSSR count). The Morgan fingerprint density at radius 2 is 1.37 bits per heavy atom. The van der Waals surface area contributed by atoms with E-state index >= 15 is 0 Å². The number of hydrogen-bond donors (Lipinski definition) is 1. The topological polar surface area (TPSA) is 29.3 Å². The zero-order valence-electron chi connectivity index (χ0n) is 11.7. The van der Waals surface area contributed by atoms with Gasteiger partial charge >= 0.3 is 0 Å². The lowest BCUT2D eigenvalue weighted by atomic mass is 9.99. The Morgan fingerprint density at radius 3 is 1.89 bits per heavy atom. The summed E-state index contributed by atoms with van der Waals surface area (Å²) in [5, 5.41) is 0. The smallest absolute Gasteiger partial charge is 0.0361 e. The molecule has 0 saturated carbocycles. The summed E-state index contributed by atoms with van der Waals surface area (Å²) in [5.41, 5.74) is 10.1. The molecule has 100 valence electrons. The zero-order valence-corrected chi connectivity index (χ0v) is 11.7. The van der Waals surface area contributed by atoms with Crippen molar-refractivity contribution < 1.29 is 0 Å². The molecule has 2 nitrogen and oxygen atoms in total. The summed E-state index contributed by atoms with van der Waals surface area (Å²) in [5.74, 6) is 0. The Bertz CT molecular complexity index is 488. The van der Waals surface area contributed by atoms with Crippen LogP contribution in [0.4, 0.5) is 5.69 Å². The number of hydrogen-bond acceptors (Lipinski definition) is 2. The SMILES string of the molecule is CN(C)c1ccc(CC(N)Cc2ccccc2)cc1. The Labute approximate surface area is 115 Å². The predicted octanol–water partition coefficient (Wildman–Crippen LogP) is 2.87. The molecule has 0 aliphatic rings. The molecule has 2 N–H and O–H groups in total. The molecule has 19 heavy (non-hydrogen) atoms. The van der Waals surface area contributed by atoms with E-state index in [1.807, 2.05) is 6.07 Å². The average molecular weight is 254 g/mol. The normalized spacial score (nSPS) is 12.2. The van der Waals surface area contributed by atoms with E-state index in [1.54, 1.807) is 0 Å². The van der Waals surface area contributed by atoms with Gasteiger partial charge in [0.15, 0.2) is 0 Å². The quantitative estimate of drug-likeness (QED) is 0.889. The standard InChI is InChI=1S/C17H22N2/c1-19(2)17-10-8-15(9-11-17)13-16(18)12-14-6-4-3-5-7-14/h3-11,16H,12-13,18H2,1-2H3. The summed E-state index contributed by atoms with van der Waals surface area (Å²) < 4.78 is 0. The van der Waals surface area contributed by atoms with Crippen molar-refractivity contribution in [3.05, 3.63) is 65.7 Å². The highest BCUT2D eigenvalue weighted by atomic mass is 15.1. The fourth-order valence-corrected chi connectivity index (χ4v) is 2.22. The van der Waals surface area contributed by atoms with Gasteiger partial charge in [-0.3, -0.25) is 0 Å². The summed E-state index contributed by atoms with van der Waals surface area (Å²) in [6.45, 7) is 0. The van der Waals surface area contributed by atoms with Gasteiger partial charge < -0.3 is 10.6 Å². The van der Waals surface area contributed by atoms with Crippen LogP contribution in [0.2, 0.25) is 0 Å². The number of nitrogens with two attached hydrogens (primary N) is 1. The highest BCUT2D eigenvalue weighted by molar-refractivity contribution is 5.46. The molecule has 0 amide bonds. The van der Waals surface area contributed by atoms with E-state index in [2.05, 4.69) is 67.5 Å². The van der Waals surface area contributed by atoms with E-state index in [1.165, 1.54) is 16.8 Å². The predicted molar refractivity (Wildman–Crippen MR) is 82.6 cm³/mol. The fraction of sp³-hybridized carbons (Fsp3) is 0.294. The second-order valence-corrected chi connectivity index (χ2v) is 5.21. The van der Waals surface area contributed by atoms with Crippen LogP contribution in [-0.4, -0.2) is 20.1 Å². The summed E-state index contributed by atoms with van der Waals surface area (Å²) in [6.07, 6.45) is 1.85. The molecule has 1 unspecified atom stereocenters. The maximum absolute atomic E-state index is 6.23. The van der Waals surface area contributed by atoms with Gasteiger partial charge in [-0.05, 0) is 36.1 Å². The number of rotatable bonds is 5. The van der Waals surface area contributed by atoms with Crippen molar-refractivity contribution in [1.29, 1.82) is 0 Å². The van der Waals surface area contributed by atoms with Gasteiger partial charge in [-0.2, -0.15) is 0 Å². The van der Waals surface area contributed by atoms with Crippen LogP contribution in [0.3, 0.4) is 0 Å². The van der Waals surface area contributed by atoms with Crippen LogP contribution in [-0.2, 0) is 12.8 Å². The molecule has 2 aromatic carbocycles. The molecule has 0 radical (unpaired) electrons. The summed E-state index contributed by atoms with van der Waals surface area (Å²) in [4.78, 5) is 2.10. The molecule has 0 aliphatic heterocycles. The molecule has 0 aliphatic carbocycles. The summed E-state index contributed by atoms with van der Waals surface area (Å²) in [6, 6.07) is 19.2. The molecule has 0 fully saturated rings. The zero-order chi connectivity index (χ0) is 13.7.